The summed E-state index contributed by atoms with van der Waals surface area (Å²) in [6, 6.07) is 1.72. The maximum absolute atomic E-state index is 13.1. The number of piperazine rings is 1. The monoisotopic (exact) mass is 220 g/mol. The van der Waals surface area contributed by atoms with Gasteiger partial charge in [-0.2, -0.15) is 4.39 Å². The van der Waals surface area contributed by atoms with E-state index < -0.39 is 5.95 Å². The van der Waals surface area contributed by atoms with Gasteiger partial charge >= 0.3 is 0 Å². The fourth-order valence-corrected chi connectivity index (χ4v) is 2.18. The molecule has 2 aromatic rings. The molecular weight excluding hydrogens is 207 g/mol. The van der Waals surface area contributed by atoms with Crippen LogP contribution in [-0.4, -0.2) is 29.6 Å². The van der Waals surface area contributed by atoms with E-state index >= 15 is 0 Å². The molecule has 3 N–H and O–H groups in total. The minimum atomic E-state index is -0.433. The van der Waals surface area contributed by atoms with Crippen LogP contribution in [-0.2, 0) is 0 Å². The summed E-state index contributed by atoms with van der Waals surface area (Å²) >= 11 is 0. The average molecular weight is 220 g/mol. The van der Waals surface area contributed by atoms with Crippen molar-refractivity contribution in [2.75, 3.05) is 19.6 Å². The first kappa shape index (κ1) is 9.74. The quantitative estimate of drug-likeness (QED) is 0.627. The molecule has 1 saturated heterocycles. The standard InChI is InChI=1S/C11H13FN4/c12-11-3-7-8(4-15-10(7)6-16-11)9-5-13-1-2-14-9/h3-4,6,9,13-15H,1-2,5H2. The summed E-state index contributed by atoms with van der Waals surface area (Å²) < 4.78 is 13.1. The average Bonchev–Trinajstić information content (AvgIpc) is 2.73. The predicted octanol–water partition coefficient (Wildman–Crippen LogP) is 0.936. The van der Waals surface area contributed by atoms with Crippen LogP contribution < -0.4 is 10.6 Å². The van der Waals surface area contributed by atoms with E-state index in [1.807, 2.05) is 6.20 Å². The molecule has 16 heavy (non-hydrogen) atoms. The number of aromatic nitrogens is 2. The van der Waals surface area contributed by atoms with Crippen molar-refractivity contribution in [3.63, 3.8) is 0 Å². The van der Waals surface area contributed by atoms with Gasteiger partial charge in [-0.3, -0.25) is 0 Å². The fraction of sp³-hybridized carbons (Fsp3) is 0.364. The summed E-state index contributed by atoms with van der Waals surface area (Å²) in [6.07, 6.45) is 3.46. The van der Waals surface area contributed by atoms with Crippen molar-refractivity contribution in [1.82, 2.24) is 20.6 Å². The topological polar surface area (TPSA) is 52.7 Å². The molecule has 1 unspecified atom stereocenters. The van der Waals surface area contributed by atoms with Gasteiger partial charge in [-0.15, -0.1) is 0 Å². The molecule has 2 aromatic heterocycles. The minimum absolute atomic E-state index is 0.240. The molecule has 1 aliphatic rings. The SMILES string of the molecule is Fc1cc2c(C3CNCCN3)c[nH]c2cn1. The molecule has 0 radical (unpaired) electrons. The molecule has 84 valence electrons. The van der Waals surface area contributed by atoms with Crippen LogP contribution in [0.25, 0.3) is 10.9 Å². The number of nitrogens with zero attached hydrogens (tertiary/aromatic N) is 1. The molecule has 0 spiro atoms. The molecular formula is C11H13FN4. The smallest absolute Gasteiger partial charge is 0.213 e. The third-order valence-electron chi connectivity index (χ3n) is 2.98. The lowest BCUT2D eigenvalue weighted by Gasteiger charge is -2.24. The van der Waals surface area contributed by atoms with Gasteiger partial charge in [0.15, 0.2) is 0 Å². The first-order chi connectivity index (χ1) is 7.84. The van der Waals surface area contributed by atoms with Gasteiger partial charge in [0, 0.05) is 43.3 Å². The van der Waals surface area contributed by atoms with E-state index in [9.17, 15) is 4.39 Å². The van der Waals surface area contributed by atoms with Crippen molar-refractivity contribution in [2.45, 2.75) is 6.04 Å². The molecule has 0 amide bonds. The van der Waals surface area contributed by atoms with Gasteiger partial charge in [-0.05, 0) is 5.56 Å². The van der Waals surface area contributed by atoms with Gasteiger partial charge in [-0.1, -0.05) is 0 Å². The number of fused-ring (bicyclic) bond motifs is 1. The van der Waals surface area contributed by atoms with Crippen LogP contribution in [0.1, 0.15) is 11.6 Å². The highest BCUT2D eigenvalue weighted by Gasteiger charge is 2.18. The summed E-state index contributed by atoms with van der Waals surface area (Å²) in [4.78, 5) is 6.75. The van der Waals surface area contributed by atoms with Crippen molar-refractivity contribution in [2.24, 2.45) is 0 Å². The highest BCUT2D eigenvalue weighted by Crippen LogP contribution is 2.24. The number of H-pyrrole nitrogens is 1. The van der Waals surface area contributed by atoms with Gasteiger partial charge in [0.05, 0.1) is 11.7 Å². The summed E-state index contributed by atoms with van der Waals surface area (Å²) in [6.45, 7) is 2.79. The maximum atomic E-state index is 13.1. The Bertz CT molecular complexity index is 502. The Morgan fingerprint density at radius 1 is 1.38 bits per heavy atom. The Labute approximate surface area is 92.3 Å². The largest absolute Gasteiger partial charge is 0.360 e. The highest BCUT2D eigenvalue weighted by molar-refractivity contribution is 5.82. The molecule has 0 bridgehead atoms. The normalized spacial score (nSPS) is 21.4. The number of halogens is 1. The van der Waals surface area contributed by atoms with E-state index in [1.165, 1.54) is 12.3 Å². The summed E-state index contributed by atoms with van der Waals surface area (Å²) in [5, 5.41) is 7.64. The van der Waals surface area contributed by atoms with E-state index in [-0.39, 0.29) is 6.04 Å². The number of aromatic amines is 1. The molecule has 1 aliphatic heterocycles. The molecule has 4 nitrogen and oxygen atoms in total. The lowest BCUT2D eigenvalue weighted by atomic mass is 10.1. The van der Waals surface area contributed by atoms with Crippen molar-refractivity contribution in [3.8, 4) is 0 Å². The third-order valence-corrected chi connectivity index (χ3v) is 2.98. The number of rotatable bonds is 1. The van der Waals surface area contributed by atoms with E-state index in [4.69, 9.17) is 0 Å². The molecule has 0 aromatic carbocycles. The second-order valence-electron chi connectivity index (χ2n) is 4.01. The van der Waals surface area contributed by atoms with Crippen LogP contribution in [0.2, 0.25) is 0 Å². The van der Waals surface area contributed by atoms with Crippen molar-refractivity contribution in [1.29, 1.82) is 0 Å². The molecule has 3 rings (SSSR count). The first-order valence-electron chi connectivity index (χ1n) is 5.41. The van der Waals surface area contributed by atoms with Gasteiger partial charge in [-0.25, -0.2) is 4.98 Å². The molecule has 0 aliphatic carbocycles. The fourth-order valence-electron chi connectivity index (χ4n) is 2.18. The zero-order valence-corrected chi connectivity index (χ0v) is 8.76. The molecule has 3 heterocycles. The van der Waals surface area contributed by atoms with Crippen LogP contribution in [0.3, 0.4) is 0 Å². The first-order valence-corrected chi connectivity index (χ1v) is 5.41. The summed E-state index contributed by atoms with van der Waals surface area (Å²) in [7, 11) is 0. The number of nitrogens with one attached hydrogen (secondary N) is 3. The lowest BCUT2D eigenvalue weighted by Crippen LogP contribution is -2.42. The van der Waals surface area contributed by atoms with Crippen LogP contribution in [0.15, 0.2) is 18.5 Å². The molecule has 0 saturated carbocycles. The van der Waals surface area contributed by atoms with Gasteiger partial charge in [0.2, 0.25) is 5.95 Å². The van der Waals surface area contributed by atoms with Crippen LogP contribution in [0.5, 0.6) is 0 Å². The number of pyridine rings is 1. The van der Waals surface area contributed by atoms with E-state index in [0.717, 1.165) is 36.1 Å². The van der Waals surface area contributed by atoms with E-state index in [0.29, 0.717) is 0 Å². The van der Waals surface area contributed by atoms with Crippen molar-refractivity contribution < 1.29 is 4.39 Å². The summed E-state index contributed by atoms with van der Waals surface area (Å²) in [5.41, 5.74) is 1.98. The third kappa shape index (κ3) is 1.58. The van der Waals surface area contributed by atoms with E-state index in [1.54, 1.807) is 0 Å². The second-order valence-corrected chi connectivity index (χ2v) is 4.01. The van der Waals surface area contributed by atoms with Crippen molar-refractivity contribution >= 4 is 10.9 Å². The van der Waals surface area contributed by atoms with Crippen molar-refractivity contribution in [3.05, 3.63) is 30.0 Å². The zero-order valence-electron chi connectivity index (χ0n) is 8.76. The molecule has 5 heteroatoms. The maximum Gasteiger partial charge on any atom is 0.213 e. The number of hydrogen-bond acceptors (Lipinski definition) is 3. The Morgan fingerprint density at radius 2 is 2.31 bits per heavy atom. The van der Waals surface area contributed by atoms with Crippen LogP contribution >= 0.6 is 0 Å². The Kier molecular flexibility index (Phi) is 2.34. The van der Waals surface area contributed by atoms with Crippen LogP contribution in [0, 0.1) is 5.95 Å². The van der Waals surface area contributed by atoms with Gasteiger partial charge in [0.1, 0.15) is 0 Å². The Morgan fingerprint density at radius 3 is 3.12 bits per heavy atom. The number of hydrogen-bond donors (Lipinski definition) is 3. The predicted molar refractivity (Wildman–Crippen MR) is 59.7 cm³/mol. The minimum Gasteiger partial charge on any atom is -0.360 e. The molecule has 1 fully saturated rings. The highest BCUT2D eigenvalue weighted by atomic mass is 19.1. The lowest BCUT2D eigenvalue weighted by molar-refractivity contribution is 0.432. The van der Waals surface area contributed by atoms with Gasteiger partial charge < -0.3 is 15.6 Å². The van der Waals surface area contributed by atoms with E-state index in [2.05, 4.69) is 20.6 Å². The Balaban J connectivity index is 2.05. The van der Waals surface area contributed by atoms with Gasteiger partial charge in [0.25, 0.3) is 0 Å². The second kappa shape index (κ2) is 3.84. The molecule has 1 atom stereocenters. The summed E-state index contributed by atoms with van der Waals surface area (Å²) in [5.74, 6) is -0.433. The van der Waals surface area contributed by atoms with Crippen LogP contribution in [0.4, 0.5) is 4.39 Å². The zero-order chi connectivity index (χ0) is 11.0. The Hall–Kier alpha value is -1.46.